The Balaban J connectivity index is 1.58. The van der Waals surface area contributed by atoms with E-state index in [0.717, 1.165) is 62.9 Å². The van der Waals surface area contributed by atoms with E-state index in [4.69, 9.17) is 19.7 Å². The van der Waals surface area contributed by atoms with Gasteiger partial charge >= 0.3 is 0 Å². The van der Waals surface area contributed by atoms with Crippen LogP contribution in [0.4, 0.5) is 0 Å². The third-order valence-electron chi connectivity index (χ3n) is 6.06. The van der Waals surface area contributed by atoms with Crippen LogP contribution in [0.1, 0.15) is 74.3 Å². The van der Waals surface area contributed by atoms with E-state index in [0.29, 0.717) is 25.0 Å². The Kier molecular flexibility index (Phi) is 9.52. The number of hydrogen-bond donors (Lipinski definition) is 2. The second-order valence-corrected chi connectivity index (χ2v) is 8.18. The first kappa shape index (κ1) is 22.6. The fourth-order valence-electron chi connectivity index (χ4n) is 4.41. The highest BCUT2D eigenvalue weighted by atomic mass is 16.5. The van der Waals surface area contributed by atoms with Crippen LogP contribution in [0.15, 0.2) is 48.5 Å². The highest BCUT2D eigenvalue weighted by Crippen LogP contribution is 2.44. The number of unbranched alkanes of at least 4 members (excludes halogenated alkanes) is 2. The van der Waals surface area contributed by atoms with Gasteiger partial charge in [-0.15, -0.1) is 0 Å². The predicted molar refractivity (Wildman–Crippen MR) is 120 cm³/mol. The molecule has 164 valence electrons. The van der Waals surface area contributed by atoms with Crippen molar-refractivity contribution in [1.29, 1.82) is 0 Å². The van der Waals surface area contributed by atoms with Crippen molar-refractivity contribution in [1.82, 2.24) is 0 Å². The summed E-state index contributed by atoms with van der Waals surface area (Å²) in [5.74, 6) is 3.08. The zero-order chi connectivity index (χ0) is 21.0. The molecule has 4 heteroatoms. The summed E-state index contributed by atoms with van der Waals surface area (Å²) in [4.78, 5) is 0. The van der Waals surface area contributed by atoms with Gasteiger partial charge in [-0.1, -0.05) is 36.4 Å². The molecule has 2 aromatic carbocycles. The van der Waals surface area contributed by atoms with Crippen molar-refractivity contribution < 1.29 is 19.7 Å². The molecule has 0 aromatic heterocycles. The maximum atomic E-state index is 8.96. The second-order valence-electron chi connectivity index (χ2n) is 8.18. The van der Waals surface area contributed by atoms with Crippen LogP contribution >= 0.6 is 0 Å². The van der Waals surface area contributed by atoms with Gasteiger partial charge in [-0.3, -0.25) is 0 Å². The third-order valence-corrected chi connectivity index (χ3v) is 6.06. The van der Waals surface area contributed by atoms with Crippen LogP contribution in [0.25, 0.3) is 0 Å². The maximum Gasteiger partial charge on any atom is 0.122 e. The molecule has 2 N–H and O–H groups in total. The number of rotatable bonds is 12. The Morgan fingerprint density at radius 2 is 1.00 bits per heavy atom. The van der Waals surface area contributed by atoms with Crippen molar-refractivity contribution in [2.24, 2.45) is 0 Å². The third kappa shape index (κ3) is 6.48. The lowest BCUT2D eigenvalue weighted by Crippen LogP contribution is -2.14. The average Bonchev–Trinajstić information content (AvgIpc) is 2.80. The molecule has 1 saturated carbocycles. The molecular weight excluding hydrogens is 376 g/mol. The van der Waals surface area contributed by atoms with Crippen molar-refractivity contribution >= 4 is 0 Å². The van der Waals surface area contributed by atoms with Crippen molar-refractivity contribution in [2.75, 3.05) is 26.4 Å². The largest absolute Gasteiger partial charge is 0.493 e. The Labute approximate surface area is 180 Å². The van der Waals surface area contributed by atoms with Crippen LogP contribution in [-0.4, -0.2) is 36.6 Å². The molecule has 0 spiro atoms. The topological polar surface area (TPSA) is 58.9 Å². The standard InChI is InChI=1S/C26H36O4/c27-17-5-7-19-29-25-11-3-1-9-23(25)21-13-15-22(16-14-21)24-10-2-4-12-26(24)30-20-8-6-18-28/h1-4,9-12,21-22,27-28H,5-8,13-20H2. The van der Waals surface area contributed by atoms with E-state index < -0.39 is 0 Å². The molecule has 0 radical (unpaired) electrons. The molecule has 1 fully saturated rings. The molecule has 0 amide bonds. The molecule has 0 unspecified atom stereocenters. The summed E-state index contributed by atoms with van der Waals surface area (Å²) in [5.41, 5.74) is 2.65. The molecule has 0 aliphatic heterocycles. The van der Waals surface area contributed by atoms with Crippen molar-refractivity contribution in [2.45, 2.75) is 63.2 Å². The van der Waals surface area contributed by atoms with Gasteiger partial charge < -0.3 is 19.7 Å². The smallest absolute Gasteiger partial charge is 0.122 e. The molecule has 1 aliphatic carbocycles. The summed E-state index contributed by atoms with van der Waals surface area (Å²) >= 11 is 0. The molecule has 0 heterocycles. The van der Waals surface area contributed by atoms with Gasteiger partial charge in [-0.2, -0.15) is 0 Å². The number of hydrogen-bond acceptors (Lipinski definition) is 4. The first-order chi connectivity index (χ1) is 14.8. The fourth-order valence-corrected chi connectivity index (χ4v) is 4.41. The van der Waals surface area contributed by atoms with Gasteiger partial charge in [-0.25, -0.2) is 0 Å². The molecule has 30 heavy (non-hydrogen) atoms. The van der Waals surface area contributed by atoms with E-state index in [1.165, 1.54) is 11.1 Å². The minimum absolute atomic E-state index is 0.224. The zero-order valence-corrected chi connectivity index (χ0v) is 18.0. The van der Waals surface area contributed by atoms with Gasteiger partial charge in [0.15, 0.2) is 0 Å². The van der Waals surface area contributed by atoms with Crippen LogP contribution in [0.3, 0.4) is 0 Å². The lowest BCUT2D eigenvalue weighted by Gasteiger charge is -2.31. The van der Waals surface area contributed by atoms with E-state index in [1.807, 2.05) is 12.1 Å². The molecule has 4 nitrogen and oxygen atoms in total. The van der Waals surface area contributed by atoms with Gasteiger partial charge in [0.05, 0.1) is 13.2 Å². The van der Waals surface area contributed by atoms with Crippen LogP contribution in [-0.2, 0) is 0 Å². The SMILES string of the molecule is OCCCCOc1ccccc1C1CCC(c2ccccc2OCCCCO)CC1. The van der Waals surface area contributed by atoms with E-state index >= 15 is 0 Å². The number of ether oxygens (including phenoxy) is 2. The predicted octanol–water partition coefficient (Wildman–Crippen LogP) is 5.43. The molecule has 3 rings (SSSR count). The number of aliphatic hydroxyl groups excluding tert-OH is 2. The Morgan fingerprint density at radius 1 is 0.600 bits per heavy atom. The Bertz CT molecular complexity index is 674. The van der Waals surface area contributed by atoms with Gasteiger partial charge in [0.2, 0.25) is 0 Å². The van der Waals surface area contributed by atoms with E-state index in [-0.39, 0.29) is 13.2 Å². The van der Waals surface area contributed by atoms with Crippen LogP contribution < -0.4 is 9.47 Å². The lowest BCUT2D eigenvalue weighted by atomic mass is 9.76. The second kappa shape index (κ2) is 12.6. The molecular formula is C26H36O4. The summed E-state index contributed by atoms with van der Waals surface area (Å²) in [5, 5.41) is 17.9. The molecule has 2 aromatic rings. The Morgan fingerprint density at radius 3 is 1.40 bits per heavy atom. The van der Waals surface area contributed by atoms with Gasteiger partial charge in [-0.05, 0) is 86.5 Å². The summed E-state index contributed by atoms with van der Waals surface area (Å²) < 4.78 is 12.1. The number of benzene rings is 2. The minimum atomic E-state index is 0.224. The summed E-state index contributed by atoms with van der Waals surface area (Å²) in [6.07, 6.45) is 7.95. The molecule has 0 atom stereocenters. The average molecular weight is 413 g/mol. The first-order valence-corrected chi connectivity index (χ1v) is 11.5. The van der Waals surface area contributed by atoms with Crippen molar-refractivity contribution in [3.8, 4) is 11.5 Å². The molecule has 1 aliphatic rings. The first-order valence-electron chi connectivity index (χ1n) is 11.5. The maximum absolute atomic E-state index is 8.96. The molecule has 0 saturated heterocycles. The number of aliphatic hydroxyl groups is 2. The zero-order valence-electron chi connectivity index (χ0n) is 18.0. The highest BCUT2D eigenvalue weighted by Gasteiger charge is 2.27. The summed E-state index contributed by atoms with van der Waals surface area (Å²) in [7, 11) is 0. The lowest BCUT2D eigenvalue weighted by molar-refractivity contribution is 0.249. The van der Waals surface area contributed by atoms with Crippen LogP contribution in [0, 0.1) is 0 Å². The number of para-hydroxylation sites is 2. The Hall–Kier alpha value is -2.04. The van der Waals surface area contributed by atoms with E-state index in [2.05, 4.69) is 36.4 Å². The summed E-state index contributed by atoms with van der Waals surface area (Å²) in [6, 6.07) is 16.9. The van der Waals surface area contributed by atoms with E-state index in [1.54, 1.807) is 0 Å². The monoisotopic (exact) mass is 412 g/mol. The van der Waals surface area contributed by atoms with E-state index in [9.17, 15) is 0 Å². The minimum Gasteiger partial charge on any atom is -0.493 e. The van der Waals surface area contributed by atoms with Crippen LogP contribution in [0.5, 0.6) is 11.5 Å². The quantitative estimate of drug-likeness (QED) is 0.456. The highest BCUT2D eigenvalue weighted by molar-refractivity contribution is 5.39. The van der Waals surface area contributed by atoms with Gasteiger partial charge in [0.25, 0.3) is 0 Å². The van der Waals surface area contributed by atoms with Crippen molar-refractivity contribution in [3.05, 3.63) is 59.7 Å². The summed E-state index contributed by atoms with van der Waals surface area (Å²) in [6.45, 7) is 1.77. The van der Waals surface area contributed by atoms with Gasteiger partial charge in [0, 0.05) is 13.2 Å². The molecule has 0 bridgehead atoms. The van der Waals surface area contributed by atoms with Gasteiger partial charge in [0.1, 0.15) is 11.5 Å². The normalized spacial score (nSPS) is 18.9. The van der Waals surface area contributed by atoms with Crippen molar-refractivity contribution in [3.63, 3.8) is 0 Å². The van der Waals surface area contributed by atoms with Crippen LogP contribution in [0.2, 0.25) is 0 Å². The fraction of sp³-hybridized carbons (Fsp3) is 0.538.